The van der Waals surface area contributed by atoms with Crippen molar-refractivity contribution in [1.82, 2.24) is 24.2 Å². The number of hydrogen-bond donors (Lipinski definition) is 1. The average Bonchev–Trinajstić information content (AvgIpc) is 3.23. The van der Waals surface area contributed by atoms with Crippen LogP contribution in [0.2, 0.25) is 0 Å². The lowest BCUT2D eigenvalue weighted by molar-refractivity contribution is -0.127. The van der Waals surface area contributed by atoms with Crippen molar-refractivity contribution in [3.63, 3.8) is 0 Å². The summed E-state index contributed by atoms with van der Waals surface area (Å²) in [5, 5.41) is 3.98. The van der Waals surface area contributed by atoms with Crippen LogP contribution < -0.4 is 10.2 Å². The largest absolute Gasteiger partial charge is 0.347 e. The van der Waals surface area contributed by atoms with Crippen LogP contribution in [0.15, 0.2) is 47.8 Å². The number of anilines is 1. The van der Waals surface area contributed by atoms with Crippen molar-refractivity contribution in [3.8, 4) is 0 Å². The fraction of sp³-hybridized carbons (Fsp3) is 0.409. The molecule has 1 fully saturated rings. The van der Waals surface area contributed by atoms with Crippen molar-refractivity contribution in [2.45, 2.75) is 30.7 Å². The van der Waals surface area contributed by atoms with Gasteiger partial charge in [0.25, 0.3) is 10.0 Å². The SMILES string of the molecule is Cc1ccc(S(=O)(=O)n2ccc3c(N(CC(=O)N(C)C)C4CCCNC4)ncnc32)cc1. The number of hydrogen-bond acceptors (Lipinski definition) is 7. The van der Waals surface area contributed by atoms with E-state index in [0.29, 0.717) is 16.9 Å². The molecule has 10 heteroatoms. The highest BCUT2D eigenvalue weighted by atomic mass is 32.2. The van der Waals surface area contributed by atoms with Crippen LogP contribution in [0.25, 0.3) is 11.0 Å². The molecule has 1 unspecified atom stereocenters. The van der Waals surface area contributed by atoms with Crippen LogP contribution in [-0.2, 0) is 14.8 Å². The lowest BCUT2D eigenvalue weighted by atomic mass is 10.1. The third kappa shape index (κ3) is 4.20. The summed E-state index contributed by atoms with van der Waals surface area (Å²) >= 11 is 0. The van der Waals surface area contributed by atoms with Crippen LogP contribution in [0.3, 0.4) is 0 Å². The van der Waals surface area contributed by atoms with Gasteiger partial charge in [0, 0.05) is 32.9 Å². The minimum Gasteiger partial charge on any atom is -0.347 e. The summed E-state index contributed by atoms with van der Waals surface area (Å²) in [4.78, 5) is 25.1. The zero-order valence-electron chi connectivity index (χ0n) is 18.5. The Kier molecular flexibility index (Phi) is 6.16. The second kappa shape index (κ2) is 8.87. The number of benzene rings is 1. The number of rotatable bonds is 6. The molecule has 0 bridgehead atoms. The predicted molar refractivity (Wildman–Crippen MR) is 123 cm³/mol. The van der Waals surface area contributed by atoms with Gasteiger partial charge < -0.3 is 15.1 Å². The normalized spacial score (nSPS) is 16.8. The highest BCUT2D eigenvalue weighted by Gasteiger charge is 2.28. The van der Waals surface area contributed by atoms with Crippen LogP contribution in [0.4, 0.5) is 5.82 Å². The van der Waals surface area contributed by atoms with E-state index in [4.69, 9.17) is 0 Å². The molecule has 9 nitrogen and oxygen atoms in total. The minimum absolute atomic E-state index is 0.0472. The number of carbonyl (C=O) groups is 1. The Morgan fingerprint density at radius 2 is 1.94 bits per heavy atom. The lowest BCUT2D eigenvalue weighted by Gasteiger charge is -2.35. The number of amides is 1. The summed E-state index contributed by atoms with van der Waals surface area (Å²) in [6.45, 7) is 3.73. The predicted octanol–water partition coefficient (Wildman–Crippen LogP) is 1.62. The van der Waals surface area contributed by atoms with Gasteiger partial charge in [-0.25, -0.2) is 22.4 Å². The third-order valence-electron chi connectivity index (χ3n) is 5.79. The van der Waals surface area contributed by atoms with Gasteiger partial charge in [-0.3, -0.25) is 4.79 Å². The number of carbonyl (C=O) groups excluding carboxylic acids is 1. The summed E-state index contributed by atoms with van der Waals surface area (Å²) in [5.41, 5.74) is 1.27. The molecule has 1 amide bonds. The van der Waals surface area contributed by atoms with E-state index < -0.39 is 10.0 Å². The number of fused-ring (bicyclic) bond motifs is 1. The number of nitrogens with zero attached hydrogens (tertiary/aromatic N) is 5. The van der Waals surface area contributed by atoms with E-state index in [-0.39, 0.29) is 23.4 Å². The fourth-order valence-corrected chi connectivity index (χ4v) is 5.23. The first kappa shape index (κ1) is 22.2. The molecule has 4 rings (SSSR count). The Hall–Kier alpha value is -2.98. The first-order valence-corrected chi connectivity index (χ1v) is 12.0. The first-order chi connectivity index (χ1) is 15.3. The summed E-state index contributed by atoms with van der Waals surface area (Å²) in [6.07, 6.45) is 4.78. The van der Waals surface area contributed by atoms with Gasteiger partial charge in [-0.15, -0.1) is 0 Å². The van der Waals surface area contributed by atoms with Crippen molar-refractivity contribution < 1.29 is 13.2 Å². The van der Waals surface area contributed by atoms with E-state index >= 15 is 0 Å². The van der Waals surface area contributed by atoms with Crippen LogP contribution in [0, 0.1) is 6.92 Å². The smallest absolute Gasteiger partial charge is 0.269 e. The molecular weight excluding hydrogens is 428 g/mol. The van der Waals surface area contributed by atoms with Crippen LogP contribution in [0.5, 0.6) is 0 Å². The van der Waals surface area contributed by atoms with E-state index in [0.717, 1.165) is 31.5 Å². The van der Waals surface area contributed by atoms with Crippen LogP contribution in [-0.4, -0.2) is 72.9 Å². The Morgan fingerprint density at radius 3 is 2.59 bits per heavy atom. The monoisotopic (exact) mass is 456 g/mol. The van der Waals surface area contributed by atoms with E-state index in [1.54, 1.807) is 49.3 Å². The molecule has 32 heavy (non-hydrogen) atoms. The maximum Gasteiger partial charge on any atom is 0.269 e. The van der Waals surface area contributed by atoms with Crippen molar-refractivity contribution >= 4 is 32.8 Å². The summed E-state index contributed by atoms with van der Waals surface area (Å²) in [5.74, 6) is 0.519. The van der Waals surface area contributed by atoms with Gasteiger partial charge in [0.2, 0.25) is 5.91 Å². The van der Waals surface area contributed by atoms with Crippen LogP contribution >= 0.6 is 0 Å². The zero-order valence-corrected chi connectivity index (χ0v) is 19.3. The van der Waals surface area contributed by atoms with Gasteiger partial charge in [-0.05, 0) is 44.5 Å². The molecule has 1 aliphatic heterocycles. The molecule has 0 radical (unpaired) electrons. The van der Waals surface area contributed by atoms with E-state index in [1.165, 1.54) is 16.5 Å². The molecule has 1 aliphatic rings. The molecule has 1 aromatic carbocycles. The molecular formula is C22H28N6O3S. The molecule has 2 aromatic heterocycles. The highest BCUT2D eigenvalue weighted by Crippen LogP contribution is 2.29. The molecule has 1 N–H and O–H groups in total. The zero-order chi connectivity index (χ0) is 22.9. The van der Waals surface area contributed by atoms with Crippen LogP contribution in [0.1, 0.15) is 18.4 Å². The molecule has 0 aliphatic carbocycles. The number of aromatic nitrogens is 3. The highest BCUT2D eigenvalue weighted by molar-refractivity contribution is 7.90. The quantitative estimate of drug-likeness (QED) is 0.602. The Bertz CT molecular complexity index is 1210. The Balaban J connectivity index is 1.79. The number of likely N-dealkylation sites (N-methyl/N-ethyl adjacent to an activating group) is 1. The molecule has 0 saturated carbocycles. The molecule has 3 heterocycles. The van der Waals surface area contributed by atoms with Gasteiger partial charge in [0.05, 0.1) is 16.8 Å². The second-order valence-electron chi connectivity index (χ2n) is 8.28. The Morgan fingerprint density at radius 1 is 1.19 bits per heavy atom. The third-order valence-corrected chi connectivity index (χ3v) is 7.47. The first-order valence-electron chi connectivity index (χ1n) is 10.6. The van der Waals surface area contributed by atoms with Gasteiger partial charge in [0.15, 0.2) is 5.65 Å². The number of nitrogens with one attached hydrogen (secondary N) is 1. The van der Waals surface area contributed by atoms with E-state index in [9.17, 15) is 13.2 Å². The standard InChI is InChI=1S/C22H28N6O3S/c1-16-6-8-18(9-7-16)32(30,31)28-12-10-19-21(24-15-25-22(19)28)27(14-20(29)26(2)3)17-5-4-11-23-13-17/h6-10,12,15,17,23H,4-5,11,13-14H2,1-3H3. The average molecular weight is 457 g/mol. The summed E-state index contributed by atoms with van der Waals surface area (Å²) in [6, 6.07) is 8.50. The Labute approximate surface area is 188 Å². The minimum atomic E-state index is -3.82. The van der Waals surface area contributed by atoms with E-state index in [1.807, 2.05) is 11.8 Å². The number of piperidine rings is 1. The summed E-state index contributed by atoms with van der Waals surface area (Å²) < 4.78 is 27.8. The van der Waals surface area contributed by atoms with Gasteiger partial charge in [0.1, 0.15) is 12.1 Å². The molecule has 3 aromatic rings. The molecule has 1 saturated heterocycles. The maximum absolute atomic E-state index is 13.3. The molecule has 1 atom stereocenters. The second-order valence-corrected chi connectivity index (χ2v) is 10.1. The maximum atomic E-state index is 13.3. The lowest BCUT2D eigenvalue weighted by Crippen LogP contribution is -2.50. The van der Waals surface area contributed by atoms with Gasteiger partial charge in [-0.1, -0.05) is 17.7 Å². The van der Waals surface area contributed by atoms with Gasteiger partial charge >= 0.3 is 0 Å². The van der Waals surface area contributed by atoms with Crippen molar-refractivity contribution in [2.75, 3.05) is 38.6 Å². The van der Waals surface area contributed by atoms with Gasteiger partial charge in [-0.2, -0.15) is 0 Å². The molecule has 0 spiro atoms. The molecule has 170 valence electrons. The fourth-order valence-electron chi connectivity index (χ4n) is 3.92. The summed E-state index contributed by atoms with van der Waals surface area (Å²) in [7, 11) is -0.378. The van der Waals surface area contributed by atoms with E-state index in [2.05, 4.69) is 15.3 Å². The van der Waals surface area contributed by atoms with Crippen molar-refractivity contribution in [3.05, 3.63) is 48.4 Å². The topological polar surface area (TPSA) is 100 Å². The number of aryl methyl sites for hydroxylation is 1. The van der Waals surface area contributed by atoms with Crippen molar-refractivity contribution in [2.24, 2.45) is 0 Å². The van der Waals surface area contributed by atoms with Crippen molar-refractivity contribution in [1.29, 1.82) is 0 Å².